The lowest BCUT2D eigenvalue weighted by Crippen LogP contribution is -2.24. The normalized spacial score (nSPS) is 14.3. The van der Waals surface area contributed by atoms with Crippen LogP contribution >= 0.6 is 23.4 Å². The number of hydrogen-bond acceptors (Lipinski definition) is 8. The number of likely N-dealkylation sites (N-methyl/N-ethyl adjacent to an activating group) is 1. The van der Waals surface area contributed by atoms with Crippen LogP contribution < -0.4 is 19.7 Å². The molecule has 3 aromatic rings. The van der Waals surface area contributed by atoms with Crippen molar-refractivity contribution in [3.05, 3.63) is 76.4 Å². The molecule has 0 atom stereocenters. The highest BCUT2D eigenvalue weighted by molar-refractivity contribution is 8.18. The van der Waals surface area contributed by atoms with Crippen LogP contribution in [0.25, 0.3) is 6.08 Å². The van der Waals surface area contributed by atoms with Gasteiger partial charge in [0, 0.05) is 18.1 Å². The SMILES string of the molecule is CN(CCOc1ccc(/C=C2\SC(=O)NC2=O)cc1)c1cc(Oc2ccc(Cl)cc2)ncn1. The summed E-state index contributed by atoms with van der Waals surface area (Å²) < 4.78 is 11.6. The van der Waals surface area contributed by atoms with E-state index in [0.717, 1.165) is 17.3 Å². The summed E-state index contributed by atoms with van der Waals surface area (Å²) in [6.07, 6.45) is 3.11. The third kappa shape index (κ3) is 6.24. The molecule has 2 heterocycles. The van der Waals surface area contributed by atoms with Gasteiger partial charge in [-0.3, -0.25) is 14.9 Å². The summed E-state index contributed by atoms with van der Waals surface area (Å²) in [6, 6.07) is 16.1. The number of aromatic nitrogens is 2. The van der Waals surface area contributed by atoms with Gasteiger partial charge in [-0.15, -0.1) is 0 Å². The first-order valence-electron chi connectivity index (χ1n) is 9.90. The van der Waals surface area contributed by atoms with Crippen LogP contribution in [0.15, 0.2) is 65.8 Å². The minimum atomic E-state index is -0.375. The zero-order chi connectivity index (χ0) is 23.2. The molecule has 2 aromatic carbocycles. The quantitative estimate of drug-likeness (QED) is 0.459. The van der Waals surface area contributed by atoms with Crippen LogP contribution in [0.5, 0.6) is 17.4 Å². The molecule has 10 heteroatoms. The molecule has 168 valence electrons. The van der Waals surface area contributed by atoms with Crippen molar-refractivity contribution >= 4 is 46.4 Å². The Bertz CT molecular complexity index is 1190. The van der Waals surface area contributed by atoms with Crippen molar-refractivity contribution < 1.29 is 19.1 Å². The molecule has 0 aliphatic carbocycles. The summed E-state index contributed by atoms with van der Waals surface area (Å²) in [5.41, 5.74) is 0.807. The molecule has 0 spiro atoms. The number of halogens is 1. The number of carbonyl (C=O) groups excluding carboxylic acids is 2. The van der Waals surface area contributed by atoms with Crippen molar-refractivity contribution in [3.8, 4) is 17.4 Å². The van der Waals surface area contributed by atoms with E-state index in [9.17, 15) is 9.59 Å². The Morgan fingerprint density at radius 2 is 1.79 bits per heavy atom. The van der Waals surface area contributed by atoms with Crippen LogP contribution in [0.4, 0.5) is 10.6 Å². The number of anilines is 1. The number of hydrogen-bond donors (Lipinski definition) is 1. The van der Waals surface area contributed by atoms with E-state index in [1.807, 2.05) is 36.2 Å². The standard InChI is InChI=1S/C23H19ClN4O4S/c1-28(20-13-21(26-14-25-20)32-18-8-4-16(24)5-9-18)10-11-31-17-6-2-15(3-7-17)12-19-22(29)27-23(30)33-19/h2-9,12-14H,10-11H2,1H3,(H,27,29,30)/b19-12-. The third-order valence-corrected chi connectivity index (χ3v) is 5.63. The van der Waals surface area contributed by atoms with Gasteiger partial charge in [-0.25, -0.2) is 9.97 Å². The lowest BCUT2D eigenvalue weighted by atomic mass is 10.2. The Kier molecular flexibility index (Phi) is 7.11. The zero-order valence-corrected chi connectivity index (χ0v) is 19.1. The van der Waals surface area contributed by atoms with E-state index >= 15 is 0 Å². The fraction of sp³-hybridized carbons (Fsp3) is 0.130. The van der Waals surface area contributed by atoms with E-state index in [4.69, 9.17) is 21.1 Å². The summed E-state index contributed by atoms with van der Waals surface area (Å²) in [7, 11) is 1.90. The average molecular weight is 483 g/mol. The second-order valence-electron chi connectivity index (χ2n) is 6.96. The first-order valence-corrected chi connectivity index (χ1v) is 11.1. The second-order valence-corrected chi connectivity index (χ2v) is 8.41. The molecular weight excluding hydrogens is 464 g/mol. The molecule has 0 unspecified atom stereocenters. The Labute approximate surface area is 199 Å². The van der Waals surface area contributed by atoms with Gasteiger partial charge in [0.1, 0.15) is 30.3 Å². The van der Waals surface area contributed by atoms with Gasteiger partial charge in [-0.2, -0.15) is 0 Å². The molecule has 0 saturated carbocycles. The molecule has 1 aliphatic heterocycles. The summed E-state index contributed by atoms with van der Waals surface area (Å²) in [6.45, 7) is 1.02. The summed E-state index contributed by atoms with van der Waals surface area (Å²) >= 11 is 6.79. The van der Waals surface area contributed by atoms with Gasteiger partial charge in [-0.1, -0.05) is 23.7 Å². The summed E-state index contributed by atoms with van der Waals surface area (Å²) in [4.78, 5) is 33.6. The molecule has 8 nitrogen and oxygen atoms in total. The first-order chi connectivity index (χ1) is 16.0. The zero-order valence-electron chi connectivity index (χ0n) is 17.5. The van der Waals surface area contributed by atoms with E-state index < -0.39 is 0 Å². The van der Waals surface area contributed by atoms with E-state index in [1.54, 1.807) is 36.4 Å². The number of nitrogens with one attached hydrogen (secondary N) is 1. The topological polar surface area (TPSA) is 93.7 Å². The molecule has 0 radical (unpaired) electrons. The first kappa shape index (κ1) is 22.6. The molecular formula is C23H19ClN4O4S. The van der Waals surface area contributed by atoms with Crippen molar-refractivity contribution in [2.24, 2.45) is 0 Å². The predicted molar refractivity (Wildman–Crippen MR) is 128 cm³/mol. The second kappa shape index (κ2) is 10.4. The van der Waals surface area contributed by atoms with Crippen LogP contribution in [-0.4, -0.2) is 41.3 Å². The fourth-order valence-electron chi connectivity index (χ4n) is 2.87. The van der Waals surface area contributed by atoms with Crippen molar-refractivity contribution in [2.75, 3.05) is 25.1 Å². The maximum absolute atomic E-state index is 11.6. The van der Waals surface area contributed by atoms with Gasteiger partial charge in [0.15, 0.2) is 0 Å². The van der Waals surface area contributed by atoms with Crippen molar-refractivity contribution in [3.63, 3.8) is 0 Å². The van der Waals surface area contributed by atoms with Crippen LogP contribution in [0, 0.1) is 0 Å². The average Bonchev–Trinajstić information content (AvgIpc) is 3.13. The lowest BCUT2D eigenvalue weighted by Gasteiger charge is -2.18. The molecule has 0 bridgehead atoms. The van der Waals surface area contributed by atoms with Crippen LogP contribution in [0.1, 0.15) is 5.56 Å². The van der Waals surface area contributed by atoms with E-state index in [0.29, 0.717) is 46.3 Å². The van der Waals surface area contributed by atoms with Crippen molar-refractivity contribution in [2.45, 2.75) is 0 Å². The molecule has 1 aromatic heterocycles. The minimum Gasteiger partial charge on any atom is -0.492 e. The number of carbonyl (C=O) groups is 2. The van der Waals surface area contributed by atoms with Gasteiger partial charge in [0.2, 0.25) is 5.88 Å². The van der Waals surface area contributed by atoms with Gasteiger partial charge in [0.05, 0.1) is 11.4 Å². The predicted octanol–water partition coefficient (Wildman–Crippen LogP) is 4.76. The number of benzene rings is 2. The molecule has 2 amide bonds. The third-order valence-electron chi connectivity index (χ3n) is 4.57. The van der Waals surface area contributed by atoms with Crippen molar-refractivity contribution in [1.29, 1.82) is 0 Å². The number of thioether (sulfide) groups is 1. The number of rotatable bonds is 8. The monoisotopic (exact) mass is 482 g/mol. The molecule has 33 heavy (non-hydrogen) atoms. The smallest absolute Gasteiger partial charge is 0.290 e. The fourth-order valence-corrected chi connectivity index (χ4v) is 3.67. The molecule has 4 rings (SSSR count). The summed E-state index contributed by atoms with van der Waals surface area (Å²) in [5.74, 6) is 2.07. The van der Waals surface area contributed by atoms with Crippen LogP contribution in [0.3, 0.4) is 0 Å². The highest BCUT2D eigenvalue weighted by Crippen LogP contribution is 2.26. The van der Waals surface area contributed by atoms with Crippen LogP contribution in [0.2, 0.25) is 5.02 Å². The molecule has 1 aliphatic rings. The lowest BCUT2D eigenvalue weighted by molar-refractivity contribution is -0.115. The number of ether oxygens (including phenoxy) is 2. The van der Waals surface area contributed by atoms with Gasteiger partial charge in [0.25, 0.3) is 11.1 Å². The maximum Gasteiger partial charge on any atom is 0.290 e. The Hall–Kier alpha value is -3.56. The molecule has 1 fully saturated rings. The van der Waals surface area contributed by atoms with E-state index in [2.05, 4.69) is 15.3 Å². The number of amides is 2. The number of nitrogens with zero attached hydrogens (tertiary/aromatic N) is 3. The minimum absolute atomic E-state index is 0.359. The maximum atomic E-state index is 11.6. The van der Waals surface area contributed by atoms with E-state index in [1.165, 1.54) is 6.33 Å². The molecule has 1 N–H and O–H groups in total. The molecule has 1 saturated heterocycles. The Morgan fingerprint density at radius 3 is 2.48 bits per heavy atom. The Morgan fingerprint density at radius 1 is 1.06 bits per heavy atom. The van der Waals surface area contributed by atoms with Crippen molar-refractivity contribution in [1.82, 2.24) is 15.3 Å². The van der Waals surface area contributed by atoms with Crippen LogP contribution in [-0.2, 0) is 4.79 Å². The van der Waals surface area contributed by atoms with Gasteiger partial charge >= 0.3 is 0 Å². The largest absolute Gasteiger partial charge is 0.492 e. The van der Waals surface area contributed by atoms with E-state index in [-0.39, 0.29) is 11.1 Å². The van der Waals surface area contributed by atoms with Gasteiger partial charge in [-0.05, 0) is 59.8 Å². The summed E-state index contributed by atoms with van der Waals surface area (Å²) in [5, 5.41) is 2.51. The Balaban J connectivity index is 1.29. The number of imide groups is 1. The highest BCUT2D eigenvalue weighted by Gasteiger charge is 2.24. The van der Waals surface area contributed by atoms with Gasteiger partial charge < -0.3 is 14.4 Å². The highest BCUT2D eigenvalue weighted by atomic mass is 35.5.